The number of nitrogens with zero attached hydrogens (tertiary/aromatic N) is 4. The molecule has 0 aliphatic heterocycles. The van der Waals surface area contributed by atoms with Crippen LogP contribution in [-0.2, 0) is 0 Å². The molecule has 0 aliphatic rings. The Morgan fingerprint density at radius 1 is 0.703 bits per heavy atom. The number of benzene rings is 2. The van der Waals surface area contributed by atoms with Crippen molar-refractivity contribution in [2.45, 2.75) is 0 Å². The summed E-state index contributed by atoms with van der Waals surface area (Å²) in [5.41, 5.74) is -3.84. The van der Waals surface area contributed by atoms with Crippen LogP contribution in [0.25, 0.3) is 31.8 Å². The van der Waals surface area contributed by atoms with Crippen molar-refractivity contribution in [3.8, 4) is 10.3 Å². The van der Waals surface area contributed by atoms with Gasteiger partial charge >= 0.3 is 5.97 Å². The molecule has 6 aromatic rings. The average molecular weight is 530 g/mol. The second-order valence-electron chi connectivity index (χ2n) is 7.83. The van der Waals surface area contributed by atoms with Crippen LogP contribution >= 0.6 is 22.7 Å². The van der Waals surface area contributed by atoms with Gasteiger partial charge < -0.3 is 5.11 Å². The Morgan fingerprint density at radius 3 is 1.57 bits per heavy atom. The summed E-state index contributed by atoms with van der Waals surface area (Å²) in [6.07, 6.45) is 2.80. The summed E-state index contributed by atoms with van der Waals surface area (Å²) in [6.45, 7) is 0. The van der Waals surface area contributed by atoms with Crippen molar-refractivity contribution in [1.29, 1.82) is 0 Å². The minimum atomic E-state index is -1.21. The molecule has 0 aliphatic carbocycles. The molecule has 4 aromatic heterocycles. The van der Waals surface area contributed by atoms with Gasteiger partial charge in [-0.2, -0.15) is 0 Å². The molecule has 0 saturated carbocycles. The molecule has 0 radical (unpaired) electrons. The van der Waals surface area contributed by atoms with Crippen molar-refractivity contribution >= 4 is 56.0 Å². The molecule has 4 heterocycles. The molecule has 0 fully saturated rings. The van der Waals surface area contributed by atoms with E-state index in [1.54, 1.807) is 10.8 Å². The fourth-order valence-electron chi connectivity index (χ4n) is 4.25. The Labute approximate surface area is 211 Å². The summed E-state index contributed by atoms with van der Waals surface area (Å²) >= 11 is 2.05. The number of ketones is 1. The van der Waals surface area contributed by atoms with E-state index in [0.29, 0.717) is 0 Å². The third-order valence-corrected chi connectivity index (χ3v) is 7.38. The van der Waals surface area contributed by atoms with Crippen molar-refractivity contribution in [3.05, 3.63) is 112 Å². The molecule has 0 saturated heterocycles. The predicted molar refractivity (Wildman–Crippen MR) is 136 cm³/mol. The van der Waals surface area contributed by atoms with E-state index in [-0.39, 0.29) is 42.9 Å². The molecule has 11 nitrogen and oxygen atoms in total. The number of aromatic nitrogens is 4. The van der Waals surface area contributed by atoms with Gasteiger partial charge in [0.2, 0.25) is 0 Å². The fraction of sp³-hybridized carbons (Fsp3) is 0. The summed E-state index contributed by atoms with van der Waals surface area (Å²) in [5.74, 6) is -2.03. The van der Waals surface area contributed by atoms with Gasteiger partial charge in [0.05, 0.1) is 27.1 Å². The van der Waals surface area contributed by atoms with Gasteiger partial charge in [-0.15, -0.1) is 22.7 Å². The Hall–Kier alpha value is -4.88. The largest absolute Gasteiger partial charge is 0.478 e. The van der Waals surface area contributed by atoms with Crippen LogP contribution in [0.1, 0.15) is 26.3 Å². The van der Waals surface area contributed by atoms with Gasteiger partial charge in [-0.1, -0.05) is 12.1 Å². The number of carbonyl (C=O) groups is 2. The SMILES string of the molecule is O=C(O)c1ccc(C(=O)c2c3c(=O)n(-c4nccs4)c(=O)c3cc3c(=O)n(-c4nccs4)c(=O)c23)cc1. The maximum atomic E-state index is 13.8. The lowest BCUT2D eigenvalue weighted by atomic mass is 9.94. The Morgan fingerprint density at radius 2 is 1.16 bits per heavy atom. The van der Waals surface area contributed by atoms with Crippen LogP contribution in [0.15, 0.2) is 72.7 Å². The van der Waals surface area contributed by atoms with Crippen LogP contribution in [0.5, 0.6) is 0 Å². The first-order valence-electron chi connectivity index (χ1n) is 10.4. The smallest absolute Gasteiger partial charge is 0.335 e. The van der Waals surface area contributed by atoms with E-state index >= 15 is 0 Å². The van der Waals surface area contributed by atoms with Crippen molar-refractivity contribution in [2.24, 2.45) is 0 Å². The van der Waals surface area contributed by atoms with Crippen molar-refractivity contribution in [2.75, 3.05) is 0 Å². The number of carbonyl (C=O) groups excluding carboxylic acids is 1. The summed E-state index contributed by atoms with van der Waals surface area (Å²) < 4.78 is 1.59. The van der Waals surface area contributed by atoms with Crippen LogP contribution in [-0.4, -0.2) is 36.0 Å². The highest BCUT2D eigenvalue weighted by molar-refractivity contribution is 7.12. The zero-order valence-electron chi connectivity index (χ0n) is 18.2. The molecule has 0 bridgehead atoms. The van der Waals surface area contributed by atoms with Gasteiger partial charge in [-0.05, 0) is 18.2 Å². The van der Waals surface area contributed by atoms with Crippen LogP contribution < -0.4 is 22.2 Å². The van der Waals surface area contributed by atoms with Gasteiger partial charge in [0.15, 0.2) is 16.0 Å². The van der Waals surface area contributed by atoms with E-state index < -0.39 is 39.6 Å². The summed E-state index contributed by atoms with van der Waals surface area (Å²) in [4.78, 5) is 86.7. The first-order chi connectivity index (χ1) is 17.8. The molecule has 0 atom stereocenters. The number of rotatable bonds is 5. The molecule has 37 heavy (non-hydrogen) atoms. The van der Waals surface area contributed by atoms with Gasteiger partial charge in [-0.25, -0.2) is 23.9 Å². The monoisotopic (exact) mass is 530 g/mol. The minimum absolute atomic E-state index is 0.0403. The highest BCUT2D eigenvalue weighted by Gasteiger charge is 2.30. The number of aromatic carboxylic acids is 1. The molecule has 0 spiro atoms. The van der Waals surface area contributed by atoms with Crippen molar-refractivity contribution in [1.82, 2.24) is 19.1 Å². The fourth-order valence-corrected chi connectivity index (χ4v) is 5.52. The van der Waals surface area contributed by atoms with Crippen molar-refractivity contribution in [3.63, 3.8) is 0 Å². The molecular formula is C24H10N4O7S2. The Kier molecular flexibility index (Phi) is 4.93. The van der Waals surface area contributed by atoms with Crippen LogP contribution in [0.3, 0.4) is 0 Å². The topological polar surface area (TPSA) is 158 Å². The van der Waals surface area contributed by atoms with E-state index in [1.165, 1.54) is 36.7 Å². The quantitative estimate of drug-likeness (QED) is 0.328. The molecule has 13 heteroatoms. The number of hydrogen-bond acceptors (Lipinski definition) is 10. The standard InChI is InChI=1S/C24H10N4O7S2/c29-17(10-1-3-11(4-2-10)22(34)35)16-14-12(18(30)27(20(14)32)23-25-5-7-36-23)9-13-15(16)21(33)28(19(13)31)24-26-6-8-37-24/h1-9H,(H,34,35). The van der Waals surface area contributed by atoms with Crippen molar-refractivity contribution < 1.29 is 14.7 Å². The highest BCUT2D eigenvalue weighted by atomic mass is 32.1. The molecule has 1 N–H and O–H groups in total. The first kappa shape index (κ1) is 22.6. The third kappa shape index (κ3) is 3.18. The van der Waals surface area contributed by atoms with Crippen LogP contribution in [0.4, 0.5) is 0 Å². The normalized spacial score (nSPS) is 11.5. The second kappa shape index (κ2) is 8.08. The molecule has 0 unspecified atom stereocenters. The first-order valence-corrected chi connectivity index (χ1v) is 12.2. The number of hydrogen-bond donors (Lipinski definition) is 1. The molecule has 6 rings (SSSR count). The summed E-state index contributed by atoms with van der Waals surface area (Å²) in [6, 6.07) is 6.01. The maximum absolute atomic E-state index is 13.8. The number of carboxylic acids is 1. The van der Waals surface area contributed by atoms with Gasteiger partial charge in [0.25, 0.3) is 22.2 Å². The molecule has 0 amide bonds. The van der Waals surface area contributed by atoms with Gasteiger partial charge in [-0.3, -0.25) is 24.0 Å². The zero-order valence-corrected chi connectivity index (χ0v) is 19.8. The highest BCUT2D eigenvalue weighted by Crippen LogP contribution is 2.26. The number of fused-ring (bicyclic) bond motifs is 2. The van der Waals surface area contributed by atoms with Gasteiger partial charge in [0, 0.05) is 34.3 Å². The maximum Gasteiger partial charge on any atom is 0.335 e. The molecule has 180 valence electrons. The lowest BCUT2D eigenvalue weighted by molar-refractivity contribution is 0.0696. The second-order valence-corrected chi connectivity index (χ2v) is 9.58. The van der Waals surface area contributed by atoms with Gasteiger partial charge in [0.1, 0.15) is 0 Å². The van der Waals surface area contributed by atoms with E-state index in [9.17, 15) is 33.9 Å². The van der Waals surface area contributed by atoms with E-state index in [2.05, 4.69) is 9.97 Å². The van der Waals surface area contributed by atoms with E-state index in [0.717, 1.165) is 37.9 Å². The Balaban J connectivity index is 1.77. The summed E-state index contributed by atoms with van der Waals surface area (Å²) in [5, 5.41) is 11.4. The zero-order chi connectivity index (χ0) is 26.0. The molecule has 2 aromatic carbocycles. The van der Waals surface area contributed by atoms with E-state index in [4.69, 9.17) is 0 Å². The predicted octanol–water partition coefficient (Wildman–Crippen LogP) is 1.73. The van der Waals surface area contributed by atoms with E-state index in [1.807, 2.05) is 0 Å². The number of carboxylic acid groups (broad SMARTS) is 1. The Bertz CT molecular complexity index is 1980. The lowest BCUT2D eigenvalue weighted by Crippen LogP contribution is -2.24. The van der Waals surface area contributed by atoms with Crippen LogP contribution in [0.2, 0.25) is 0 Å². The lowest BCUT2D eigenvalue weighted by Gasteiger charge is -2.05. The summed E-state index contributed by atoms with van der Waals surface area (Å²) in [7, 11) is 0. The minimum Gasteiger partial charge on any atom is -0.478 e. The van der Waals surface area contributed by atoms with Crippen LogP contribution in [0, 0.1) is 0 Å². The third-order valence-electron chi connectivity index (χ3n) is 5.87. The number of thiazole rings is 2. The average Bonchev–Trinajstić information content (AvgIpc) is 3.68. The molecular weight excluding hydrogens is 520 g/mol.